The molecule has 0 bridgehead atoms. The summed E-state index contributed by atoms with van der Waals surface area (Å²) in [7, 11) is -9.75. The third-order valence-electron chi connectivity index (χ3n) is 10.2. The van der Waals surface area contributed by atoms with Crippen LogP contribution < -0.4 is 0 Å². The van der Waals surface area contributed by atoms with Crippen molar-refractivity contribution in [2.24, 2.45) is 17.8 Å². The molecule has 58 heavy (non-hydrogen) atoms. The van der Waals surface area contributed by atoms with E-state index in [0.29, 0.717) is 32.1 Å². The molecule has 0 aromatic rings. The van der Waals surface area contributed by atoms with E-state index < -0.39 is 84.5 Å². The summed E-state index contributed by atoms with van der Waals surface area (Å²) in [4.78, 5) is 52.8. The average molecular weight is 875 g/mol. The van der Waals surface area contributed by atoms with Crippen LogP contribution in [0.15, 0.2) is 12.2 Å². The van der Waals surface area contributed by atoms with E-state index in [9.17, 15) is 44.0 Å². The predicted molar refractivity (Wildman–Crippen MR) is 218 cm³/mol. The van der Waals surface area contributed by atoms with Gasteiger partial charge in [-0.15, -0.1) is 0 Å². The maximum atomic E-state index is 12.8. The van der Waals surface area contributed by atoms with Gasteiger partial charge >= 0.3 is 27.6 Å². The van der Waals surface area contributed by atoms with Crippen molar-refractivity contribution in [2.45, 2.75) is 186 Å². The summed E-state index contributed by atoms with van der Waals surface area (Å²) in [6, 6.07) is 0. The second-order valence-electron chi connectivity index (χ2n) is 16.1. The number of unbranched alkanes of at least 4 members (excludes halogenated alkanes) is 12. The number of carbonyl (C=O) groups excluding carboxylic acids is 2. The molecule has 18 heteroatoms. The van der Waals surface area contributed by atoms with Gasteiger partial charge in [0.05, 0.1) is 38.1 Å². The van der Waals surface area contributed by atoms with E-state index >= 15 is 0 Å². The number of phosphoric acid groups is 2. The van der Waals surface area contributed by atoms with Gasteiger partial charge in [-0.3, -0.25) is 23.2 Å². The first-order valence-electron chi connectivity index (χ1n) is 21.5. The molecule has 0 saturated heterocycles. The summed E-state index contributed by atoms with van der Waals surface area (Å²) >= 11 is 0. The summed E-state index contributed by atoms with van der Waals surface area (Å²) in [5, 5.41) is 41.1. The van der Waals surface area contributed by atoms with Crippen molar-refractivity contribution in [2.75, 3.05) is 26.4 Å². The van der Waals surface area contributed by atoms with E-state index in [1.165, 1.54) is 25.7 Å². The van der Waals surface area contributed by atoms with E-state index in [2.05, 4.69) is 29.8 Å². The maximum Gasteiger partial charge on any atom is 0.472 e. The Hall–Kier alpha value is -1.26. The summed E-state index contributed by atoms with van der Waals surface area (Å²) in [6.07, 6.45) is 15.8. The fourth-order valence-electron chi connectivity index (χ4n) is 6.86. The van der Waals surface area contributed by atoms with E-state index in [1.807, 2.05) is 6.08 Å². The number of hydrogen-bond acceptors (Lipinski definition) is 13. The Morgan fingerprint density at radius 3 is 1.86 bits per heavy atom. The van der Waals surface area contributed by atoms with Crippen molar-refractivity contribution >= 4 is 27.6 Å². The second-order valence-corrected chi connectivity index (χ2v) is 18.8. The highest BCUT2D eigenvalue weighted by molar-refractivity contribution is 7.47. The largest absolute Gasteiger partial charge is 0.472 e. The zero-order valence-electron chi connectivity index (χ0n) is 35.2. The van der Waals surface area contributed by atoms with Crippen LogP contribution in [0.1, 0.15) is 156 Å². The van der Waals surface area contributed by atoms with Crippen LogP contribution in [-0.4, -0.2) is 104 Å². The molecule has 0 radical (unpaired) electrons. The number of hydrogen-bond donors (Lipinski definition) is 7. The van der Waals surface area contributed by atoms with Crippen molar-refractivity contribution in [3.05, 3.63) is 12.2 Å². The van der Waals surface area contributed by atoms with Gasteiger partial charge in [0.1, 0.15) is 12.7 Å². The summed E-state index contributed by atoms with van der Waals surface area (Å²) in [5.41, 5.74) is 0. The standard InChI is InChI=1S/C40H76O16P2/c1-4-5-14-20-32(41)24-25-36-35(37(43)26-38(36)44)21-16-12-13-18-23-40(46)56-34(30-55-58(50,51)54-28-33(42)27-53-57(47,48)49)29-52-39(45)22-17-11-9-7-6-8-10-15-19-31(2)3/h24-25,31-38,41-44H,4-23,26-30H2,1-3H3,(H,50,51)(H2,47,48,49)/b25-24+/t32-,33-,34+,35+,36+,37-,38+/m0/s1. The Balaban J connectivity index is 2.57. The zero-order valence-corrected chi connectivity index (χ0v) is 36.9. The van der Waals surface area contributed by atoms with Gasteiger partial charge in [0.15, 0.2) is 6.10 Å². The topological polar surface area (TPSA) is 256 Å². The molecular formula is C40H76O16P2. The van der Waals surface area contributed by atoms with Crippen molar-refractivity contribution in [3.8, 4) is 0 Å². The molecule has 1 saturated carbocycles. The van der Waals surface area contributed by atoms with Crippen LogP contribution >= 0.6 is 15.6 Å². The number of phosphoric ester groups is 2. The lowest BCUT2D eigenvalue weighted by molar-refractivity contribution is -0.161. The number of ether oxygens (including phenoxy) is 2. The Kier molecular flexibility index (Phi) is 29.8. The predicted octanol–water partition coefficient (Wildman–Crippen LogP) is 6.80. The Labute approximate surface area is 346 Å². The van der Waals surface area contributed by atoms with E-state index in [-0.39, 0.29) is 31.1 Å². The van der Waals surface area contributed by atoms with Crippen LogP contribution in [-0.2, 0) is 41.8 Å². The van der Waals surface area contributed by atoms with Crippen LogP contribution in [0.25, 0.3) is 0 Å². The normalized spacial score (nSPS) is 21.3. The van der Waals surface area contributed by atoms with Gasteiger partial charge in [-0.05, 0) is 37.5 Å². The lowest BCUT2D eigenvalue weighted by Gasteiger charge is -2.21. The maximum absolute atomic E-state index is 12.8. The van der Waals surface area contributed by atoms with E-state index in [4.69, 9.17) is 23.8 Å². The van der Waals surface area contributed by atoms with E-state index in [0.717, 1.165) is 63.7 Å². The fraction of sp³-hybridized carbons (Fsp3) is 0.900. The highest BCUT2D eigenvalue weighted by atomic mass is 31.2. The SMILES string of the molecule is CCCCC[C@H](O)/C=C/[C@@H]1[C@@H](CCCCCCC(=O)O[C@H](COC(=O)CCCCCCCCCCC(C)C)COP(=O)(O)OC[C@@H](O)COP(=O)(O)O)[C@@H](O)C[C@H]1O. The van der Waals surface area contributed by atoms with Crippen LogP contribution in [0, 0.1) is 17.8 Å². The molecule has 16 nitrogen and oxygen atoms in total. The Bertz CT molecular complexity index is 1210. The molecule has 0 aromatic carbocycles. The van der Waals surface area contributed by atoms with Crippen molar-refractivity contribution in [1.29, 1.82) is 0 Å². The first-order valence-corrected chi connectivity index (χ1v) is 24.5. The number of aliphatic hydroxyl groups is 4. The minimum absolute atomic E-state index is 0.00721. The third-order valence-corrected chi connectivity index (χ3v) is 11.6. The Morgan fingerprint density at radius 1 is 0.690 bits per heavy atom. The van der Waals surface area contributed by atoms with E-state index in [1.54, 1.807) is 6.08 Å². The molecule has 0 heterocycles. The zero-order chi connectivity index (χ0) is 43.4. The minimum Gasteiger partial charge on any atom is -0.462 e. The third kappa shape index (κ3) is 29.1. The fourth-order valence-corrected chi connectivity index (χ4v) is 8.02. The van der Waals surface area contributed by atoms with Crippen LogP contribution in [0.4, 0.5) is 0 Å². The smallest absolute Gasteiger partial charge is 0.462 e. The molecule has 0 aromatic heterocycles. The highest BCUT2D eigenvalue weighted by Crippen LogP contribution is 2.44. The number of rotatable bonds is 36. The quantitative estimate of drug-likeness (QED) is 0.0148. The van der Waals surface area contributed by atoms with Crippen molar-refractivity contribution in [3.63, 3.8) is 0 Å². The lowest BCUT2D eigenvalue weighted by Crippen LogP contribution is -2.30. The minimum atomic E-state index is -4.89. The molecule has 1 rings (SSSR count). The van der Waals surface area contributed by atoms with Crippen LogP contribution in [0.3, 0.4) is 0 Å². The highest BCUT2D eigenvalue weighted by Gasteiger charge is 2.39. The van der Waals surface area contributed by atoms with Gasteiger partial charge in [0, 0.05) is 25.2 Å². The van der Waals surface area contributed by atoms with Gasteiger partial charge < -0.3 is 44.6 Å². The van der Waals surface area contributed by atoms with Gasteiger partial charge in [-0.2, -0.15) is 0 Å². The summed E-state index contributed by atoms with van der Waals surface area (Å²) < 4.78 is 47.7. The number of aliphatic hydroxyl groups excluding tert-OH is 4. The molecular weight excluding hydrogens is 798 g/mol. The first-order chi connectivity index (χ1) is 27.4. The number of esters is 2. The molecule has 7 N–H and O–H groups in total. The molecule has 1 unspecified atom stereocenters. The van der Waals surface area contributed by atoms with Gasteiger partial charge in [-0.1, -0.05) is 123 Å². The molecule has 1 aliphatic carbocycles. The van der Waals surface area contributed by atoms with Crippen molar-refractivity contribution < 1.29 is 76.9 Å². The second kappa shape index (κ2) is 31.6. The molecule has 8 atom stereocenters. The molecule has 0 amide bonds. The van der Waals surface area contributed by atoms with Crippen LogP contribution in [0.5, 0.6) is 0 Å². The first kappa shape index (κ1) is 54.8. The Morgan fingerprint density at radius 2 is 1.24 bits per heavy atom. The summed E-state index contributed by atoms with van der Waals surface area (Å²) in [5.74, 6) is -0.828. The van der Waals surface area contributed by atoms with Crippen molar-refractivity contribution in [1.82, 2.24) is 0 Å². The summed E-state index contributed by atoms with van der Waals surface area (Å²) in [6.45, 7) is 3.66. The molecule has 0 spiro atoms. The molecule has 1 aliphatic rings. The average Bonchev–Trinajstić information content (AvgIpc) is 3.42. The number of carbonyl (C=O) groups is 2. The van der Waals surface area contributed by atoms with Gasteiger partial charge in [-0.25, -0.2) is 9.13 Å². The monoisotopic (exact) mass is 874 g/mol. The molecule has 0 aliphatic heterocycles. The van der Waals surface area contributed by atoms with Crippen LogP contribution in [0.2, 0.25) is 0 Å². The molecule has 1 fully saturated rings. The van der Waals surface area contributed by atoms with Gasteiger partial charge in [0.2, 0.25) is 0 Å². The lowest BCUT2D eigenvalue weighted by atomic mass is 9.88. The molecule has 342 valence electrons. The van der Waals surface area contributed by atoms with Gasteiger partial charge in [0.25, 0.3) is 0 Å².